The van der Waals surface area contributed by atoms with Gasteiger partial charge in [-0.1, -0.05) is 36.2 Å². The van der Waals surface area contributed by atoms with Crippen molar-refractivity contribution in [3.63, 3.8) is 0 Å². The van der Waals surface area contributed by atoms with Crippen molar-refractivity contribution in [2.45, 2.75) is 19.3 Å². The lowest BCUT2D eigenvalue weighted by molar-refractivity contribution is 0.144. The Bertz CT molecular complexity index is 528. The third kappa shape index (κ3) is 3.25. The summed E-state index contributed by atoms with van der Waals surface area (Å²) in [6, 6.07) is 8.81. The van der Waals surface area contributed by atoms with Crippen LogP contribution in [0.5, 0.6) is 0 Å². The van der Waals surface area contributed by atoms with Crippen LogP contribution >= 0.6 is 11.9 Å². The number of carbonyl (C=O) groups is 1. The van der Waals surface area contributed by atoms with Crippen molar-refractivity contribution in [1.82, 2.24) is 14.1 Å². The van der Waals surface area contributed by atoms with Gasteiger partial charge < -0.3 is 9.80 Å². The number of hydrogen-bond acceptors (Lipinski definition) is 3. The highest BCUT2D eigenvalue weighted by Gasteiger charge is 2.31. The normalized spacial score (nSPS) is 23.1. The molecule has 0 bridgehead atoms. The van der Waals surface area contributed by atoms with Crippen LogP contribution in [0.4, 0.5) is 4.79 Å². The van der Waals surface area contributed by atoms with Crippen molar-refractivity contribution in [1.29, 1.82) is 0 Å². The first-order valence-corrected chi connectivity index (χ1v) is 9.25. The van der Waals surface area contributed by atoms with Crippen LogP contribution in [-0.4, -0.2) is 65.7 Å². The van der Waals surface area contributed by atoms with Crippen molar-refractivity contribution in [2.24, 2.45) is 0 Å². The molecule has 4 nitrogen and oxygen atoms in total. The van der Waals surface area contributed by atoms with E-state index in [1.807, 2.05) is 9.80 Å². The Morgan fingerprint density at radius 1 is 1.09 bits per heavy atom. The quantitative estimate of drug-likeness (QED) is 0.784. The van der Waals surface area contributed by atoms with Gasteiger partial charge in [0.05, 0.1) is 0 Å². The molecule has 22 heavy (non-hydrogen) atoms. The van der Waals surface area contributed by atoms with E-state index in [0.29, 0.717) is 5.92 Å². The minimum absolute atomic E-state index is 0.233. The number of benzene rings is 1. The summed E-state index contributed by atoms with van der Waals surface area (Å²) in [7, 11) is 0. The lowest BCUT2D eigenvalue weighted by Crippen LogP contribution is -2.50. The maximum absolute atomic E-state index is 12.7. The van der Waals surface area contributed by atoms with Crippen LogP contribution in [0.2, 0.25) is 0 Å². The van der Waals surface area contributed by atoms with Crippen LogP contribution < -0.4 is 0 Å². The highest BCUT2D eigenvalue weighted by molar-refractivity contribution is 7.96. The van der Waals surface area contributed by atoms with E-state index < -0.39 is 0 Å². The second-order valence-electron chi connectivity index (χ2n) is 6.17. The Morgan fingerprint density at radius 2 is 1.82 bits per heavy atom. The van der Waals surface area contributed by atoms with Crippen LogP contribution in [0.1, 0.15) is 23.5 Å². The molecule has 2 amide bonds. The van der Waals surface area contributed by atoms with Gasteiger partial charge in [-0.15, -0.1) is 0 Å². The van der Waals surface area contributed by atoms with Crippen molar-refractivity contribution in [3.05, 3.63) is 35.4 Å². The van der Waals surface area contributed by atoms with Crippen LogP contribution in [0.15, 0.2) is 24.3 Å². The van der Waals surface area contributed by atoms with Crippen LogP contribution in [0.25, 0.3) is 0 Å². The molecule has 0 aliphatic carbocycles. The van der Waals surface area contributed by atoms with Gasteiger partial charge in [-0.2, -0.15) is 0 Å². The number of aryl methyl sites for hydroxylation is 1. The zero-order valence-corrected chi connectivity index (χ0v) is 14.3. The van der Waals surface area contributed by atoms with E-state index in [4.69, 9.17) is 0 Å². The zero-order chi connectivity index (χ0) is 15.5. The molecule has 2 heterocycles. The molecule has 0 radical (unpaired) electrons. The maximum Gasteiger partial charge on any atom is 0.320 e. The predicted molar refractivity (Wildman–Crippen MR) is 92.2 cm³/mol. The van der Waals surface area contributed by atoms with Gasteiger partial charge in [0.1, 0.15) is 0 Å². The number of amides is 2. The van der Waals surface area contributed by atoms with Crippen molar-refractivity contribution < 1.29 is 4.79 Å². The summed E-state index contributed by atoms with van der Waals surface area (Å²) in [6.45, 7) is 7.58. The third-order valence-corrected chi connectivity index (χ3v) is 5.74. The average Bonchev–Trinajstić information content (AvgIpc) is 3.04. The topological polar surface area (TPSA) is 26.8 Å². The van der Waals surface area contributed by atoms with E-state index in [0.717, 1.165) is 45.7 Å². The summed E-state index contributed by atoms with van der Waals surface area (Å²) < 4.78 is 2.32. The van der Waals surface area contributed by atoms with Crippen molar-refractivity contribution >= 4 is 18.0 Å². The van der Waals surface area contributed by atoms with Gasteiger partial charge in [0.15, 0.2) is 0 Å². The van der Waals surface area contributed by atoms with E-state index in [1.165, 1.54) is 11.1 Å². The van der Waals surface area contributed by atoms with Gasteiger partial charge in [-0.05, 0) is 30.7 Å². The van der Waals surface area contributed by atoms with Gasteiger partial charge in [0.2, 0.25) is 0 Å². The Kier molecular flexibility index (Phi) is 4.93. The fourth-order valence-corrected chi connectivity index (χ4v) is 4.02. The SMILES string of the molecule is CSN1CCN(C(=O)N2CCC(c3ccccc3C)C2)CC1. The fourth-order valence-electron chi connectivity index (χ4n) is 3.49. The highest BCUT2D eigenvalue weighted by atomic mass is 32.2. The van der Waals surface area contributed by atoms with E-state index in [9.17, 15) is 4.79 Å². The van der Waals surface area contributed by atoms with Gasteiger partial charge in [0.25, 0.3) is 0 Å². The first kappa shape index (κ1) is 15.7. The fraction of sp³-hybridized carbons (Fsp3) is 0.588. The van der Waals surface area contributed by atoms with E-state index in [-0.39, 0.29) is 6.03 Å². The summed E-state index contributed by atoms with van der Waals surface area (Å²) in [4.78, 5) is 16.8. The number of nitrogens with zero attached hydrogens (tertiary/aromatic N) is 3. The molecule has 1 aromatic rings. The van der Waals surface area contributed by atoms with Gasteiger partial charge in [-0.25, -0.2) is 9.10 Å². The first-order chi connectivity index (χ1) is 10.7. The van der Waals surface area contributed by atoms with Crippen molar-refractivity contribution in [3.8, 4) is 0 Å². The molecule has 3 rings (SSSR count). The summed E-state index contributed by atoms with van der Waals surface area (Å²) in [5.41, 5.74) is 2.75. The molecule has 0 N–H and O–H groups in total. The zero-order valence-electron chi connectivity index (χ0n) is 13.5. The summed E-state index contributed by atoms with van der Waals surface area (Å²) in [5, 5.41) is 0. The Labute approximate surface area is 137 Å². The van der Waals surface area contributed by atoms with E-state index in [2.05, 4.69) is 41.8 Å². The molecule has 2 aliphatic rings. The van der Waals surface area contributed by atoms with Gasteiger partial charge in [-0.3, -0.25) is 0 Å². The molecule has 2 aliphatic heterocycles. The van der Waals surface area contributed by atoms with Crippen LogP contribution in [0, 0.1) is 6.92 Å². The molecule has 0 spiro atoms. The molecule has 1 atom stereocenters. The average molecular weight is 319 g/mol. The monoisotopic (exact) mass is 319 g/mol. The third-order valence-electron chi connectivity index (χ3n) is 4.85. The number of piperazine rings is 1. The summed E-state index contributed by atoms with van der Waals surface area (Å²) in [5.74, 6) is 0.498. The number of urea groups is 1. The summed E-state index contributed by atoms with van der Waals surface area (Å²) >= 11 is 1.77. The molecule has 1 unspecified atom stereocenters. The number of rotatable bonds is 2. The minimum Gasteiger partial charge on any atom is -0.324 e. The number of carbonyl (C=O) groups excluding carboxylic acids is 1. The van der Waals surface area contributed by atoms with Crippen LogP contribution in [-0.2, 0) is 0 Å². The van der Waals surface area contributed by atoms with Gasteiger partial charge >= 0.3 is 6.03 Å². The van der Waals surface area contributed by atoms with E-state index in [1.54, 1.807) is 11.9 Å². The van der Waals surface area contributed by atoms with Crippen molar-refractivity contribution in [2.75, 3.05) is 45.5 Å². The maximum atomic E-state index is 12.7. The van der Waals surface area contributed by atoms with Crippen LogP contribution in [0.3, 0.4) is 0 Å². The molecule has 5 heteroatoms. The predicted octanol–water partition coefficient (Wildman–Crippen LogP) is 2.80. The smallest absolute Gasteiger partial charge is 0.320 e. The van der Waals surface area contributed by atoms with Gasteiger partial charge in [0, 0.05) is 45.2 Å². The van der Waals surface area contributed by atoms with E-state index >= 15 is 0 Å². The minimum atomic E-state index is 0.233. The first-order valence-electron chi connectivity index (χ1n) is 8.07. The molecule has 120 valence electrons. The lowest BCUT2D eigenvalue weighted by Gasteiger charge is -2.35. The largest absolute Gasteiger partial charge is 0.324 e. The second-order valence-corrected chi connectivity index (χ2v) is 7.05. The Hall–Kier alpha value is -1.20. The molecular formula is C17H25N3OS. The molecule has 0 saturated carbocycles. The molecule has 0 aromatic heterocycles. The number of likely N-dealkylation sites (tertiary alicyclic amines) is 1. The Balaban J connectivity index is 1.59. The molecule has 2 saturated heterocycles. The lowest BCUT2D eigenvalue weighted by atomic mass is 9.94. The Morgan fingerprint density at radius 3 is 2.50 bits per heavy atom. The molecular weight excluding hydrogens is 294 g/mol. The number of hydrogen-bond donors (Lipinski definition) is 0. The summed E-state index contributed by atoms with van der Waals surface area (Å²) in [6.07, 6.45) is 3.19. The highest BCUT2D eigenvalue weighted by Crippen LogP contribution is 2.30. The second kappa shape index (κ2) is 6.92. The molecule has 2 fully saturated rings. The standard InChI is InChI=1S/C17H25N3OS/c1-14-5-3-4-6-16(14)15-7-8-19(13-15)17(21)18-9-11-20(22-2)12-10-18/h3-6,15H,7-13H2,1-2H3. The molecule has 1 aromatic carbocycles.